The molecule has 1 aromatic rings. The molecule has 21 heavy (non-hydrogen) atoms. The third kappa shape index (κ3) is 3.95. The zero-order chi connectivity index (χ0) is 15.2. The molecule has 1 fully saturated rings. The summed E-state index contributed by atoms with van der Waals surface area (Å²) in [7, 11) is 1.87. The standard InChI is InChI=1S/C17H27FN2O/c1-13(19-2)14-8-9-17(16(18)12-14)20(10-11-21)15-6-4-3-5-7-15/h8-9,12-13,15,19,21H,3-7,10-11H2,1-2H3. The van der Waals surface area contributed by atoms with Crippen LogP contribution in [0, 0.1) is 5.82 Å². The molecule has 1 aliphatic carbocycles. The van der Waals surface area contributed by atoms with Gasteiger partial charge in [0.25, 0.3) is 0 Å². The van der Waals surface area contributed by atoms with Crippen LogP contribution in [0.2, 0.25) is 0 Å². The minimum atomic E-state index is -0.186. The van der Waals surface area contributed by atoms with E-state index < -0.39 is 0 Å². The van der Waals surface area contributed by atoms with E-state index in [0.717, 1.165) is 18.4 Å². The number of anilines is 1. The van der Waals surface area contributed by atoms with E-state index in [2.05, 4.69) is 10.2 Å². The van der Waals surface area contributed by atoms with E-state index in [9.17, 15) is 9.50 Å². The molecule has 2 rings (SSSR count). The SMILES string of the molecule is CNC(C)c1ccc(N(CCO)C2CCCCC2)c(F)c1. The van der Waals surface area contributed by atoms with Crippen LogP contribution in [0.1, 0.15) is 50.6 Å². The number of benzene rings is 1. The van der Waals surface area contributed by atoms with Gasteiger partial charge in [0.05, 0.1) is 12.3 Å². The fraction of sp³-hybridized carbons (Fsp3) is 0.647. The summed E-state index contributed by atoms with van der Waals surface area (Å²) in [6.45, 7) is 2.58. The minimum Gasteiger partial charge on any atom is -0.395 e. The van der Waals surface area contributed by atoms with E-state index in [4.69, 9.17) is 0 Å². The van der Waals surface area contributed by atoms with Crippen molar-refractivity contribution in [2.45, 2.75) is 51.1 Å². The first-order valence-corrected chi connectivity index (χ1v) is 8.01. The first kappa shape index (κ1) is 16.2. The summed E-state index contributed by atoms with van der Waals surface area (Å²) in [6.07, 6.45) is 5.85. The fourth-order valence-corrected chi connectivity index (χ4v) is 3.19. The average molecular weight is 294 g/mol. The van der Waals surface area contributed by atoms with Crippen molar-refractivity contribution in [3.8, 4) is 0 Å². The van der Waals surface area contributed by atoms with Gasteiger partial charge < -0.3 is 15.3 Å². The number of halogens is 1. The molecule has 1 saturated carbocycles. The average Bonchev–Trinajstić information content (AvgIpc) is 2.53. The van der Waals surface area contributed by atoms with Crippen molar-refractivity contribution < 1.29 is 9.50 Å². The van der Waals surface area contributed by atoms with Gasteiger partial charge in [-0.05, 0) is 44.5 Å². The second kappa shape index (κ2) is 7.76. The quantitative estimate of drug-likeness (QED) is 0.845. The van der Waals surface area contributed by atoms with Crippen LogP contribution in [0.15, 0.2) is 18.2 Å². The van der Waals surface area contributed by atoms with E-state index in [1.54, 1.807) is 6.07 Å². The lowest BCUT2D eigenvalue weighted by molar-refractivity contribution is 0.289. The molecule has 0 saturated heterocycles. The number of rotatable bonds is 6. The summed E-state index contributed by atoms with van der Waals surface area (Å²) in [4.78, 5) is 2.06. The highest BCUT2D eigenvalue weighted by Crippen LogP contribution is 2.30. The maximum atomic E-state index is 14.5. The molecule has 1 aliphatic rings. The summed E-state index contributed by atoms with van der Waals surface area (Å²) in [6, 6.07) is 5.95. The van der Waals surface area contributed by atoms with Crippen LogP contribution in [0.3, 0.4) is 0 Å². The van der Waals surface area contributed by atoms with Crippen molar-refractivity contribution in [3.63, 3.8) is 0 Å². The molecule has 0 spiro atoms. The van der Waals surface area contributed by atoms with E-state index in [1.807, 2.05) is 26.1 Å². The van der Waals surface area contributed by atoms with Crippen molar-refractivity contribution in [2.75, 3.05) is 25.1 Å². The lowest BCUT2D eigenvalue weighted by Crippen LogP contribution is -2.39. The first-order valence-electron chi connectivity index (χ1n) is 8.01. The van der Waals surface area contributed by atoms with Gasteiger partial charge in [0.2, 0.25) is 0 Å². The van der Waals surface area contributed by atoms with Gasteiger partial charge in [-0.2, -0.15) is 0 Å². The Bertz CT molecular complexity index is 446. The zero-order valence-corrected chi connectivity index (χ0v) is 13.1. The zero-order valence-electron chi connectivity index (χ0n) is 13.1. The molecule has 0 bridgehead atoms. The topological polar surface area (TPSA) is 35.5 Å². The lowest BCUT2D eigenvalue weighted by atomic mass is 9.93. The first-order chi connectivity index (χ1) is 10.2. The predicted molar refractivity (Wildman–Crippen MR) is 85.2 cm³/mol. The third-order valence-electron chi connectivity index (χ3n) is 4.57. The van der Waals surface area contributed by atoms with Crippen LogP contribution in [-0.2, 0) is 0 Å². The van der Waals surface area contributed by atoms with E-state index in [0.29, 0.717) is 18.3 Å². The Hall–Kier alpha value is -1.13. The van der Waals surface area contributed by atoms with Crippen LogP contribution in [0.4, 0.5) is 10.1 Å². The highest BCUT2D eigenvalue weighted by Gasteiger charge is 2.23. The highest BCUT2D eigenvalue weighted by molar-refractivity contribution is 5.50. The van der Waals surface area contributed by atoms with Gasteiger partial charge >= 0.3 is 0 Å². The molecule has 118 valence electrons. The number of aliphatic hydroxyl groups is 1. The normalized spacial score (nSPS) is 17.7. The molecule has 0 radical (unpaired) electrons. The largest absolute Gasteiger partial charge is 0.395 e. The van der Waals surface area contributed by atoms with Crippen LogP contribution in [0.25, 0.3) is 0 Å². The molecule has 3 nitrogen and oxygen atoms in total. The van der Waals surface area contributed by atoms with Crippen LogP contribution in [0.5, 0.6) is 0 Å². The molecule has 0 aliphatic heterocycles. The Morgan fingerprint density at radius 2 is 2.05 bits per heavy atom. The molecule has 2 N–H and O–H groups in total. The van der Waals surface area contributed by atoms with Crippen molar-refractivity contribution in [3.05, 3.63) is 29.6 Å². The lowest BCUT2D eigenvalue weighted by Gasteiger charge is -2.36. The number of hydrogen-bond acceptors (Lipinski definition) is 3. The molecule has 1 atom stereocenters. The Morgan fingerprint density at radius 3 is 2.62 bits per heavy atom. The Balaban J connectivity index is 2.23. The Morgan fingerprint density at radius 1 is 1.33 bits per heavy atom. The van der Waals surface area contributed by atoms with E-state index >= 15 is 0 Å². The minimum absolute atomic E-state index is 0.0601. The molecule has 1 unspecified atom stereocenters. The third-order valence-corrected chi connectivity index (χ3v) is 4.57. The summed E-state index contributed by atoms with van der Waals surface area (Å²) < 4.78 is 14.5. The number of nitrogens with one attached hydrogen (secondary N) is 1. The van der Waals surface area contributed by atoms with Gasteiger partial charge in [-0.25, -0.2) is 4.39 Å². The van der Waals surface area contributed by atoms with Crippen molar-refractivity contribution in [2.24, 2.45) is 0 Å². The molecular formula is C17H27FN2O. The van der Waals surface area contributed by atoms with Gasteiger partial charge in [0.15, 0.2) is 0 Å². The number of hydrogen-bond donors (Lipinski definition) is 2. The summed E-state index contributed by atoms with van der Waals surface area (Å²) in [5, 5.41) is 12.5. The molecule has 4 heteroatoms. The number of nitrogens with zero attached hydrogens (tertiary/aromatic N) is 1. The molecule has 0 aromatic heterocycles. The molecule has 0 heterocycles. The van der Waals surface area contributed by atoms with Gasteiger partial charge in [-0.1, -0.05) is 25.3 Å². The maximum absolute atomic E-state index is 14.5. The molecule has 0 amide bonds. The second-order valence-corrected chi connectivity index (χ2v) is 5.93. The Labute approximate surface area is 127 Å². The number of aliphatic hydroxyl groups excluding tert-OH is 1. The smallest absolute Gasteiger partial charge is 0.146 e. The summed E-state index contributed by atoms with van der Waals surface area (Å²) in [5.41, 5.74) is 1.58. The predicted octanol–water partition coefficient (Wildman–Crippen LogP) is 3.24. The summed E-state index contributed by atoms with van der Waals surface area (Å²) in [5.74, 6) is -0.186. The van der Waals surface area contributed by atoms with E-state index in [1.165, 1.54) is 19.3 Å². The van der Waals surface area contributed by atoms with Gasteiger partial charge in [0.1, 0.15) is 5.82 Å². The van der Waals surface area contributed by atoms with Gasteiger partial charge in [-0.3, -0.25) is 0 Å². The monoisotopic (exact) mass is 294 g/mol. The van der Waals surface area contributed by atoms with Crippen LogP contribution >= 0.6 is 0 Å². The van der Waals surface area contributed by atoms with Crippen molar-refractivity contribution in [1.82, 2.24) is 5.32 Å². The van der Waals surface area contributed by atoms with Crippen LogP contribution in [-0.4, -0.2) is 31.3 Å². The van der Waals surface area contributed by atoms with E-state index in [-0.39, 0.29) is 18.5 Å². The van der Waals surface area contributed by atoms with Crippen molar-refractivity contribution >= 4 is 5.69 Å². The fourth-order valence-electron chi connectivity index (χ4n) is 3.19. The van der Waals surface area contributed by atoms with Crippen molar-refractivity contribution in [1.29, 1.82) is 0 Å². The second-order valence-electron chi connectivity index (χ2n) is 5.93. The van der Waals surface area contributed by atoms with Crippen LogP contribution < -0.4 is 10.2 Å². The van der Waals surface area contributed by atoms with Gasteiger partial charge in [-0.15, -0.1) is 0 Å². The summed E-state index contributed by atoms with van der Waals surface area (Å²) >= 11 is 0. The maximum Gasteiger partial charge on any atom is 0.146 e. The highest BCUT2D eigenvalue weighted by atomic mass is 19.1. The Kier molecular flexibility index (Phi) is 6.00. The van der Waals surface area contributed by atoms with Gasteiger partial charge in [0, 0.05) is 18.6 Å². The molecule has 1 aromatic carbocycles. The molecular weight excluding hydrogens is 267 g/mol.